The number of hydrogen-bond donors (Lipinski definition) is 0. The van der Waals surface area contributed by atoms with Crippen LogP contribution in [0.2, 0.25) is 0 Å². The van der Waals surface area contributed by atoms with Crippen LogP contribution in [0.15, 0.2) is 0 Å². The summed E-state index contributed by atoms with van der Waals surface area (Å²) in [4.78, 5) is 26.7. The molecule has 144 valence electrons. The quantitative estimate of drug-likeness (QED) is 0.561. The monoisotopic (exact) mass is 349 g/mol. The Balaban J connectivity index is 1.57. The van der Waals surface area contributed by atoms with Gasteiger partial charge in [-0.15, -0.1) is 0 Å². The number of rotatable bonds is 9. The number of carbonyl (C=O) groups is 2. The van der Waals surface area contributed by atoms with Gasteiger partial charge in [0.25, 0.3) is 0 Å². The van der Waals surface area contributed by atoms with E-state index in [-0.39, 0.29) is 5.92 Å². The molecule has 25 heavy (non-hydrogen) atoms. The summed E-state index contributed by atoms with van der Waals surface area (Å²) in [5.74, 6) is 2.10. The van der Waals surface area contributed by atoms with Gasteiger partial charge in [-0.05, 0) is 50.9 Å². The third-order valence-corrected chi connectivity index (χ3v) is 6.47. The third-order valence-electron chi connectivity index (χ3n) is 6.47. The van der Waals surface area contributed by atoms with Crippen molar-refractivity contribution in [1.82, 2.24) is 4.90 Å². The average Bonchev–Trinajstić information content (AvgIpc) is 2.66. The second-order valence-electron chi connectivity index (χ2n) is 8.68. The molecule has 0 radical (unpaired) electrons. The molecule has 0 bridgehead atoms. The number of amides is 1. The topological polar surface area (TPSA) is 37.4 Å². The van der Waals surface area contributed by atoms with E-state index in [1.165, 1.54) is 38.5 Å². The lowest BCUT2D eigenvalue weighted by molar-refractivity contribution is -0.135. The predicted molar refractivity (Wildman–Crippen MR) is 103 cm³/mol. The standard InChI is InChI=1S/C22H39NO2/c1-18(15-16-21(24)19-11-5-3-6-12-19)10-9-17-23(2)22(25)20-13-7-4-8-14-20/h18-20H,3-17H2,1-2H3. The zero-order chi connectivity index (χ0) is 18.1. The summed E-state index contributed by atoms with van der Waals surface area (Å²) in [6.07, 6.45) is 15.9. The van der Waals surface area contributed by atoms with Gasteiger partial charge in [-0.2, -0.15) is 0 Å². The van der Waals surface area contributed by atoms with Gasteiger partial charge < -0.3 is 4.90 Å². The van der Waals surface area contributed by atoms with E-state index < -0.39 is 0 Å². The van der Waals surface area contributed by atoms with Crippen molar-refractivity contribution >= 4 is 11.7 Å². The second kappa shape index (κ2) is 11.0. The first-order valence-electron chi connectivity index (χ1n) is 10.9. The molecule has 1 unspecified atom stereocenters. The van der Waals surface area contributed by atoms with Gasteiger partial charge in [0.05, 0.1) is 0 Å². The molecular weight excluding hydrogens is 310 g/mol. The Morgan fingerprint density at radius 3 is 2.04 bits per heavy atom. The van der Waals surface area contributed by atoms with Gasteiger partial charge >= 0.3 is 0 Å². The zero-order valence-corrected chi connectivity index (χ0v) is 16.6. The highest BCUT2D eigenvalue weighted by molar-refractivity contribution is 5.81. The first-order valence-corrected chi connectivity index (χ1v) is 10.9. The smallest absolute Gasteiger partial charge is 0.225 e. The van der Waals surface area contributed by atoms with Crippen LogP contribution in [0.5, 0.6) is 0 Å². The number of ketones is 1. The molecule has 2 aliphatic rings. The van der Waals surface area contributed by atoms with Crippen molar-refractivity contribution in [2.24, 2.45) is 17.8 Å². The second-order valence-corrected chi connectivity index (χ2v) is 8.68. The van der Waals surface area contributed by atoms with E-state index in [1.54, 1.807) is 0 Å². The molecule has 0 aromatic carbocycles. The van der Waals surface area contributed by atoms with Crippen LogP contribution >= 0.6 is 0 Å². The molecule has 2 saturated carbocycles. The fourth-order valence-electron chi connectivity index (χ4n) is 4.61. The van der Waals surface area contributed by atoms with Crippen LogP contribution in [-0.2, 0) is 9.59 Å². The summed E-state index contributed by atoms with van der Waals surface area (Å²) in [7, 11) is 1.97. The van der Waals surface area contributed by atoms with Crippen LogP contribution < -0.4 is 0 Å². The van der Waals surface area contributed by atoms with E-state index in [2.05, 4.69) is 6.92 Å². The van der Waals surface area contributed by atoms with Crippen LogP contribution in [0, 0.1) is 17.8 Å². The molecule has 0 spiro atoms. The normalized spacial score (nSPS) is 21.0. The van der Waals surface area contributed by atoms with Crippen molar-refractivity contribution in [3.63, 3.8) is 0 Å². The van der Waals surface area contributed by atoms with Crippen LogP contribution in [0.25, 0.3) is 0 Å². The summed E-state index contributed by atoms with van der Waals surface area (Å²) in [5.41, 5.74) is 0. The summed E-state index contributed by atoms with van der Waals surface area (Å²) in [6, 6.07) is 0. The Bertz CT molecular complexity index is 408. The Morgan fingerprint density at radius 2 is 1.44 bits per heavy atom. The minimum absolute atomic E-state index is 0.282. The van der Waals surface area contributed by atoms with Crippen molar-refractivity contribution in [1.29, 1.82) is 0 Å². The molecule has 2 rings (SSSR count). The lowest BCUT2D eigenvalue weighted by atomic mass is 9.84. The SMILES string of the molecule is CC(CCCN(C)C(=O)C1CCCCC1)CCC(=O)C1CCCCC1. The van der Waals surface area contributed by atoms with Gasteiger partial charge in [0.1, 0.15) is 5.78 Å². The Morgan fingerprint density at radius 1 is 0.880 bits per heavy atom. The van der Waals surface area contributed by atoms with Gasteiger partial charge in [-0.25, -0.2) is 0 Å². The fourth-order valence-corrected chi connectivity index (χ4v) is 4.61. The largest absolute Gasteiger partial charge is 0.346 e. The molecule has 0 aromatic rings. The third kappa shape index (κ3) is 7.11. The van der Waals surface area contributed by atoms with Crippen molar-refractivity contribution in [2.45, 2.75) is 96.8 Å². The minimum atomic E-state index is 0.282. The molecule has 0 saturated heterocycles. The summed E-state index contributed by atoms with van der Waals surface area (Å²) in [5, 5.41) is 0. The van der Waals surface area contributed by atoms with Crippen molar-refractivity contribution in [3.05, 3.63) is 0 Å². The Labute approximate surface area is 154 Å². The minimum Gasteiger partial charge on any atom is -0.346 e. The number of nitrogens with zero attached hydrogens (tertiary/aromatic N) is 1. The first-order chi connectivity index (χ1) is 12.1. The molecule has 2 fully saturated rings. The van der Waals surface area contributed by atoms with E-state index in [4.69, 9.17) is 0 Å². The summed E-state index contributed by atoms with van der Waals surface area (Å²) >= 11 is 0. The first kappa shape index (κ1) is 20.5. The van der Waals surface area contributed by atoms with Crippen molar-refractivity contribution in [3.8, 4) is 0 Å². The molecular formula is C22H39NO2. The molecule has 2 aliphatic carbocycles. The maximum Gasteiger partial charge on any atom is 0.225 e. The van der Waals surface area contributed by atoms with Gasteiger partial charge in [0.15, 0.2) is 0 Å². The van der Waals surface area contributed by atoms with E-state index >= 15 is 0 Å². The highest BCUT2D eigenvalue weighted by atomic mass is 16.2. The van der Waals surface area contributed by atoms with Crippen LogP contribution in [-0.4, -0.2) is 30.2 Å². The number of carbonyl (C=O) groups excluding carboxylic acids is 2. The maximum atomic E-state index is 12.4. The highest BCUT2D eigenvalue weighted by Gasteiger charge is 2.24. The van der Waals surface area contributed by atoms with Gasteiger partial charge in [0, 0.05) is 31.8 Å². The van der Waals surface area contributed by atoms with Crippen LogP contribution in [0.3, 0.4) is 0 Å². The Hall–Kier alpha value is -0.860. The zero-order valence-electron chi connectivity index (χ0n) is 16.6. The van der Waals surface area contributed by atoms with E-state index in [0.29, 0.717) is 23.5 Å². The van der Waals surface area contributed by atoms with Crippen LogP contribution in [0.4, 0.5) is 0 Å². The molecule has 0 N–H and O–H groups in total. The lowest BCUT2D eigenvalue weighted by Gasteiger charge is -2.26. The average molecular weight is 350 g/mol. The fraction of sp³-hybridized carbons (Fsp3) is 0.909. The Kier molecular flexibility index (Phi) is 8.98. The summed E-state index contributed by atoms with van der Waals surface area (Å²) < 4.78 is 0. The number of hydrogen-bond acceptors (Lipinski definition) is 2. The van der Waals surface area contributed by atoms with Gasteiger partial charge in [0.2, 0.25) is 5.91 Å². The van der Waals surface area contributed by atoms with Crippen LogP contribution in [0.1, 0.15) is 96.8 Å². The number of Topliss-reactive ketones (excluding diaryl/α,β-unsaturated/α-hetero) is 1. The van der Waals surface area contributed by atoms with Gasteiger partial charge in [-0.3, -0.25) is 9.59 Å². The molecule has 1 atom stereocenters. The molecule has 1 amide bonds. The van der Waals surface area contributed by atoms with Crippen molar-refractivity contribution < 1.29 is 9.59 Å². The van der Waals surface area contributed by atoms with E-state index in [0.717, 1.165) is 57.9 Å². The van der Waals surface area contributed by atoms with Crippen molar-refractivity contribution in [2.75, 3.05) is 13.6 Å². The predicted octanol–water partition coefficient (Wildman–Crippen LogP) is 5.37. The molecule has 3 heteroatoms. The molecule has 0 aromatic heterocycles. The molecule has 3 nitrogen and oxygen atoms in total. The molecule has 0 aliphatic heterocycles. The van der Waals surface area contributed by atoms with E-state index in [1.807, 2.05) is 11.9 Å². The molecule has 0 heterocycles. The lowest BCUT2D eigenvalue weighted by Crippen LogP contribution is -2.34. The van der Waals surface area contributed by atoms with Gasteiger partial charge in [-0.1, -0.05) is 45.4 Å². The summed E-state index contributed by atoms with van der Waals surface area (Å²) in [6.45, 7) is 3.13. The van der Waals surface area contributed by atoms with E-state index in [9.17, 15) is 9.59 Å². The highest BCUT2D eigenvalue weighted by Crippen LogP contribution is 2.27. The maximum absolute atomic E-state index is 12.4.